The van der Waals surface area contributed by atoms with Gasteiger partial charge in [0.1, 0.15) is 6.04 Å². The molecule has 92 valence electrons. The first-order chi connectivity index (χ1) is 7.66. The highest BCUT2D eigenvalue weighted by atomic mass is 16.5. The van der Waals surface area contributed by atoms with E-state index in [1.807, 2.05) is 6.92 Å². The average molecular weight is 229 g/mol. The number of esters is 1. The van der Waals surface area contributed by atoms with Crippen molar-refractivity contribution in [2.24, 2.45) is 0 Å². The maximum absolute atomic E-state index is 11.7. The van der Waals surface area contributed by atoms with Crippen molar-refractivity contribution in [1.82, 2.24) is 4.90 Å². The number of likely N-dealkylation sites (tertiary alicyclic amines) is 1. The van der Waals surface area contributed by atoms with Crippen molar-refractivity contribution in [3.05, 3.63) is 0 Å². The summed E-state index contributed by atoms with van der Waals surface area (Å²) < 4.78 is 5.06. The SMILES string of the molecule is CCCCOC(=O)C1CCCCN1C(=O)O. The molecule has 0 bridgehead atoms. The van der Waals surface area contributed by atoms with Crippen molar-refractivity contribution in [2.45, 2.75) is 45.1 Å². The molecule has 1 unspecified atom stereocenters. The molecule has 0 radical (unpaired) electrons. The molecule has 1 fully saturated rings. The number of nitrogens with zero attached hydrogens (tertiary/aromatic N) is 1. The van der Waals surface area contributed by atoms with Gasteiger partial charge in [-0.25, -0.2) is 9.59 Å². The van der Waals surface area contributed by atoms with E-state index in [-0.39, 0.29) is 0 Å². The summed E-state index contributed by atoms with van der Waals surface area (Å²) in [5.41, 5.74) is 0. The van der Waals surface area contributed by atoms with Crippen LogP contribution in [0.25, 0.3) is 0 Å². The molecule has 0 saturated carbocycles. The molecule has 1 amide bonds. The minimum absolute atomic E-state index is 0.388. The maximum Gasteiger partial charge on any atom is 0.408 e. The van der Waals surface area contributed by atoms with Gasteiger partial charge in [-0.05, 0) is 25.7 Å². The van der Waals surface area contributed by atoms with Gasteiger partial charge in [0.2, 0.25) is 0 Å². The summed E-state index contributed by atoms with van der Waals surface area (Å²) >= 11 is 0. The van der Waals surface area contributed by atoms with Gasteiger partial charge in [-0.1, -0.05) is 13.3 Å². The molecule has 1 aliphatic rings. The Morgan fingerprint density at radius 1 is 1.44 bits per heavy atom. The van der Waals surface area contributed by atoms with Crippen LogP contribution in [0.4, 0.5) is 4.79 Å². The van der Waals surface area contributed by atoms with E-state index in [1.165, 1.54) is 4.90 Å². The Bertz CT molecular complexity index is 254. The molecule has 0 spiro atoms. The largest absolute Gasteiger partial charge is 0.465 e. The van der Waals surface area contributed by atoms with E-state index in [4.69, 9.17) is 9.84 Å². The van der Waals surface area contributed by atoms with E-state index in [1.54, 1.807) is 0 Å². The van der Waals surface area contributed by atoms with Crippen LogP contribution in [0.2, 0.25) is 0 Å². The van der Waals surface area contributed by atoms with Gasteiger partial charge in [-0.2, -0.15) is 0 Å². The van der Waals surface area contributed by atoms with Gasteiger partial charge < -0.3 is 9.84 Å². The first-order valence-electron chi connectivity index (χ1n) is 5.83. The fourth-order valence-electron chi connectivity index (χ4n) is 1.82. The Morgan fingerprint density at radius 2 is 2.19 bits per heavy atom. The lowest BCUT2D eigenvalue weighted by molar-refractivity contribution is -0.150. The number of hydrogen-bond acceptors (Lipinski definition) is 3. The van der Waals surface area contributed by atoms with Gasteiger partial charge in [0, 0.05) is 6.54 Å². The molecule has 16 heavy (non-hydrogen) atoms. The summed E-state index contributed by atoms with van der Waals surface area (Å²) in [6.45, 7) is 2.83. The number of amides is 1. The van der Waals surface area contributed by atoms with Crippen LogP contribution in [0.5, 0.6) is 0 Å². The maximum atomic E-state index is 11.7. The topological polar surface area (TPSA) is 66.8 Å². The lowest BCUT2D eigenvalue weighted by Gasteiger charge is -2.31. The van der Waals surface area contributed by atoms with Crippen LogP contribution in [0.15, 0.2) is 0 Å². The van der Waals surface area contributed by atoms with E-state index in [9.17, 15) is 9.59 Å². The third kappa shape index (κ3) is 3.40. The summed E-state index contributed by atoms with van der Waals surface area (Å²) in [5, 5.41) is 8.95. The lowest BCUT2D eigenvalue weighted by Crippen LogP contribution is -2.48. The predicted octanol–water partition coefficient (Wildman–Crippen LogP) is 1.86. The molecule has 1 heterocycles. The number of carbonyl (C=O) groups excluding carboxylic acids is 1. The van der Waals surface area contributed by atoms with Gasteiger partial charge in [0.15, 0.2) is 0 Å². The quantitative estimate of drug-likeness (QED) is 0.590. The molecule has 1 atom stereocenters. The van der Waals surface area contributed by atoms with Crippen LogP contribution >= 0.6 is 0 Å². The van der Waals surface area contributed by atoms with Crippen LogP contribution in [0.3, 0.4) is 0 Å². The molecule has 1 aliphatic heterocycles. The smallest absolute Gasteiger partial charge is 0.408 e. The Labute approximate surface area is 95.4 Å². The number of carbonyl (C=O) groups is 2. The summed E-state index contributed by atoms with van der Waals surface area (Å²) in [5.74, 6) is -0.393. The van der Waals surface area contributed by atoms with Gasteiger partial charge >= 0.3 is 12.1 Å². The highest BCUT2D eigenvalue weighted by Crippen LogP contribution is 2.18. The van der Waals surface area contributed by atoms with Gasteiger partial charge in [-0.3, -0.25) is 4.90 Å². The molecule has 1 N–H and O–H groups in total. The first kappa shape index (κ1) is 12.8. The summed E-state index contributed by atoms with van der Waals surface area (Å²) in [6, 6.07) is -0.594. The Kier molecular flexibility index (Phi) is 5.08. The first-order valence-corrected chi connectivity index (χ1v) is 5.83. The predicted molar refractivity (Wildman–Crippen MR) is 58.2 cm³/mol. The number of piperidine rings is 1. The lowest BCUT2D eigenvalue weighted by atomic mass is 10.0. The second-order valence-corrected chi connectivity index (χ2v) is 4.01. The minimum atomic E-state index is -1.03. The Balaban J connectivity index is 2.47. The van der Waals surface area contributed by atoms with E-state index in [2.05, 4.69) is 0 Å². The second kappa shape index (κ2) is 6.35. The standard InChI is InChI=1S/C11H19NO4/c1-2-3-8-16-10(13)9-6-4-5-7-12(9)11(14)15/h9H,2-8H2,1H3,(H,14,15). The van der Waals surface area contributed by atoms with Crippen molar-refractivity contribution in [2.75, 3.05) is 13.2 Å². The molecule has 0 aromatic heterocycles. The van der Waals surface area contributed by atoms with Gasteiger partial charge in [0.05, 0.1) is 6.61 Å². The summed E-state index contributed by atoms with van der Waals surface area (Å²) in [6.07, 6.45) is 3.04. The fraction of sp³-hybridized carbons (Fsp3) is 0.818. The van der Waals surface area contributed by atoms with Crippen LogP contribution in [0, 0.1) is 0 Å². The van der Waals surface area contributed by atoms with Crippen molar-refractivity contribution in [3.63, 3.8) is 0 Å². The highest BCUT2D eigenvalue weighted by molar-refractivity contribution is 5.81. The van der Waals surface area contributed by atoms with Crippen molar-refractivity contribution in [3.8, 4) is 0 Å². The number of rotatable bonds is 4. The Hall–Kier alpha value is -1.26. The molecular weight excluding hydrogens is 210 g/mol. The Morgan fingerprint density at radius 3 is 2.81 bits per heavy atom. The monoisotopic (exact) mass is 229 g/mol. The third-order valence-corrected chi connectivity index (χ3v) is 2.76. The zero-order chi connectivity index (χ0) is 12.0. The van der Waals surface area contributed by atoms with E-state index >= 15 is 0 Å². The zero-order valence-corrected chi connectivity index (χ0v) is 9.65. The van der Waals surface area contributed by atoms with E-state index in [0.29, 0.717) is 19.6 Å². The molecule has 1 rings (SSSR count). The van der Waals surface area contributed by atoms with Crippen LogP contribution in [-0.2, 0) is 9.53 Å². The molecule has 5 heteroatoms. The third-order valence-electron chi connectivity index (χ3n) is 2.76. The molecule has 1 saturated heterocycles. The van der Waals surface area contributed by atoms with E-state index in [0.717, 1.165) is 25.7 Å². The highest BCUT2D eigenvalue weighted by Gasteiger charge is 2.32. The molecule has 5 nitrogen and oxygen atoms in total. The van der Waals surface area contributed by atoms with Crippen LogP contribution in [0.1, 0.15) is 39.0 Å². The second-order valence-electron chi connectivity index (χ2n) is 4.01. The number of unbranched alkanes of at least 4 members (excludes halogenated alkanes) is 1. The van der Waals surface area contributed by atoms with Crippen molar-refractivity contribution < 1.29 is 19.4 Å². The van der Waals surface area contributed by atoms with Crippen LogP contribution < -0.4 is 0 Å². The molecular formula is C11H19NO4. The molecule has 0 aliphatic carbocycles. The molecule has 0 aromatic carbocycles. The summed E-state index contributed by atoms with van der Waals surface area (Å²) in [7, 11) is 0. The fourth-order valence-corrected chi connectivity index (χ4v) is 1.82. The van der Waals surface area contributed by atoms with Gasteiger partial charge in [-0.15, -0.1) is 0 Å². The summed E-state index contributed by atoms with van der Waals surface area (Å²) in [4.78, 5) is 23.8. The minimum Gasteiger partial charge on any atom is -0.465 e. The van der Waals surface area contributed by atoms with Crippen molar-refractivity contribution in [1.29, 1.82) is 0 Å². The zero-order valence-electron chi connectivity index (χ0n) is 9.65. The number of ether oxygens (including phenoxy) is 1. The molecule has 0 aromatic rings. The number of carboxylic acid groups (broad SMARTS) is 1. The van der Waals surface area contributed by atoms with Crippen molar-refractivity contribution >= 4 is 12.1 Å². The average Bonchev–Trinajstić information content (AvgIpc) is 2.29. The normalized spacial score (nSPS) is 20.6. The van der Waals surface area contributed by atoms with Crippen LogP contribution in [-0.4, -0.2) is 41.3 Å². The van der Waals surface area contributed by atoms with Gasteiger partial charge in [0.25, 0.3) is 0 Å². The number of hydrogen-bond donors (Lipinski definition) is 1. The van der Waals surface area contributed by atoms with E-state index < -0.39 is 18.1 Å².